The van der Waals surface area contributed by atoms with Crippen LogP contribution in [-0.4, -0.2) is 0 Å². The normalized spacial score (nSPS) is 11.0. The van der Waals surface area contributed by atoms with E-state index in [4.69, 9.17) is 11.6 Å². The first-order valence-electron chi connectivity index (χ1n) is 3.64. The number of halogens is 3. The average molecular weight is 340 g/mol. The highest BCUT2D eigenvalue weighted by molar-refractivity contribution is 9.10. The Kier molecular flexibility index (Phi) is 2.98. The number of fused-ring (bicyclic) bond motifs is 1. The first kappa shape index (κ1) is 9.97. The number of hydrogen-bond donors (Lipinski definition) is 0. The molecule has 0 N–H and O–H groups in total. The summed E-state index contributed by atoms with van der Waals surface area (Å²) >= 11 is 14.8. The third kappa shape index (κ3) is 1.67. The lowest BCUT2D eigenvalue weighted by molar-refractivity contribution is 1.50. The van der Waals surface area contributed by atoms with Crippen LogP contribution in [0.5, 0.6) is 0 Å². The summed E-state index contributed by atoms with van der Waals surface area (Å²) in [4.78, 5) is 0. The maximum atomic E-state index is 6.11. The number of benzene rings is 1. The fraction of sp³-hybridized carbons (Fsp3) is 0.111. The van der Waals surface area contributed by atoms with Gasteiger partial charge in [0.2, 0.25) is 0 Å². The van der Waals surface area contributed by atoms with E-state index in [0.29, 0.717) is 0 Å². The number of rotatable bonds is 1. The van der Waals surface area contributed by atoms with Crippen LogP contribution in [0.3, 0.4) is 0 Å². The highest BCUT2D eigenvalue weighted by atomic mass is 79.9. The minimum absolute atomic E-state index is 0.802. The Morgan fingerprint density at radius 2 is 2.23 bits per heavy atom. The Morgan fingerprint density at radius 3 is 2.92 bits per heavy atom. The molecule has 0 unspecified atom stereocenters. The molecule has 1 heterocycles. The molecule has 1 aromatic carbocycles. The van der Waals surface area contributed by atoms with E-state index in [0.717, 1.165) is 14.8 Å². The molecule has 1 aromatic heterocycles. The zero-order valence-electron chi connectivity index (χ0n) is 6.48. The summed E-state index contributed by atoms with van der Waals surface area (Å²) in [5, 5.41) is 4.94. The maximum absolute atomic E-state index is 6.11. The van der Waals surface area contributed by atoms with Crippen LogP contribution in [0.4, 0.5) is 0 Å². The lowest BCUT2D eigenvalue weighted by Crippen LogP contribution is -1.81. The van der Waals surface area contributed by atoms with E-state index < -0.39 is 0 Å². The minimum atomic E-state index is 0.802. The van der Waals surface area contributed by atoms with Crippen LogP contribution < -0.4 is 0 Å². The number of hydrogen-bond acceptors (Lipinski definition) is 1. The summed E-state index contributed by atoms with van der Waals surface area (Å²) in [6.45, 7) is 0. The summed E-state index contributed by atoms with van der Waals surface area (Å²) in [6.07, 6.45) is 0. The van der Waals surface area contributed by atoms with Crippen molar-refractivity contribution in [3.63, 3.8) is 0 Å². The molecule has 0 spiro atoms. The van der Waals surface area contributed by atoms with Crippen LogP contribution in [0, 0.1) is 0 Å². The van der Waals surface area contributed by atoms with Gasteiger partial charge in [-0.15, -0.1) is 11.3 Å². The predicted molar refractivity (Wildman–Crippen MR) is 67.2 cm³/mol. The molecule has 2 rings (SSSR count). The van der Waals surface area contributed by atoms with Crippen LogP contribution in [0.2, 0.25) is 5.02 Å². The van der Waals surface area contributed by atoms with Crippen molar-refractivity contribution in [1.29, 1.82) is 0 Å². The van der Waals surface area contributed by atoms with Gasteiger partial charge in [-0.1, -0.05) is 43.5 Å². The third-order valence-electron chi connectivity index (χ3n) is 1.87. The topological polar surface area (TPSA) is 0 Å². The molecule has 0 fully saturated rings. The average Bonchev–Trinajstić information content (AvgIpc) is 2.53. The Balaban J connectivity index is 2.88. The maximum Gasteiger partial charge on any atom is 0.0472 e. The van der Waals surface area contributed by atoms with Crippen molar-refractivity contribution in [2.75, 3.05) is 0 Å². The van der Waals surface area contributed by atoms with Crippen molar-refractivity contribution in [1.82, 2.24) is 0 Å². The monoisotopic (exact) mass is 338 g/mol. The molecule has 0 atom stereocenters. The third-order valence-corrected chi connectivity index (χ3v) is 4.40. The molecule has 0 amide bonds. The lowest BCUT2D eigenvalue weighted by atomic mass is 10.2. The highest BCUT2D eigenvalue weighted by Gasteiger charge is 2.09. The largest absolute Gasteiger partial charge is 0.143 e. The van der Waals surface area contributed by atoms with E-state index in [9.17, 15) is 0 Å². The van der Waals surface area contributed by atoms with Gasteiger partial charge in [0.25, 0.3) is 0 Å². The van der Waals surface area contributed by atoms with Crippen molar-refractivity contribution in [2.24, 2.45) is 0 Å². The summed E-state index contributed by atoms with van der Waals surface area (Å²) in [6, 6.07) is 4.06. The van der Waals surface area contributed by atoms with Crippen molar-refractivity contribution in [3.8, 4) is 0 Å². The SMILES string of the molecule is Clc1cc(Br)c2ccsc2c1CBr. The summed E-state index contributed by atoms with van der Waals surface area (Å²) in [5.41, 5.74) is 1.18. The van der Waals surface area contributed by atoms with E-state index >= 15 is 0 Å². The summed E-state index contributed by atoms with van der Waals surface area (Å²) in [7, 11) is 0. The quantitative estimate of drug-likeness (QED) is 0.625. The first-order valence-corrected chi connectivity index (χ1v) is 6.81. The van der Waals surface area contributed by atoms with Gasteiger partial charge < -0.3 is 0 Å². The molecule has 0 saturated carbocycles. The standard InChI is InChI=1S/C9H5Br2ClS/c10-4-6-8(12)3-7(11)5-1-2-13-9(5)6/h1-3H,4H2. The van der Waals surface area contributed by atoms with E-state index in [-0.39, 0.29) is 0 Å². The Labute approximate surface area is 102 Å². The van der Waals surface area contributed by atoms with Gasteiger partial charge in [0.05, 0.1) is 0 Å². The second kappa shape index (κ2) is 3.89. The van der Waals surface area contributed by atoms with E-state index in [2.05, 4.69) is 43.3 Å². The molecule has 0 saturated heterocycles. The van der Waals surface area contributed by atoms with Gasteiger partial charge in [0.1, 0.15) is 0 Å². The molecular formula is C9H5Br2ClS. The van der Waals surface area contributed by atoms with Crippen molar-refractivity contribution < 1.29 is 0 Å². The zero-order valence-corrected chi connectivity index (χ0v) is 11.2. The highest BCUT2D eigenvalue weighted by Crippen LogP contribution is 2.36. The first-order chi connectivity index (χ1) is 6.24. The second-order valence-corrected chi connectivity index (χ2v) is 5.35. The van der Waals surface area contributed by atoms with Crippen LogP contribution in [0.25, 0.3) is 10.1 Å². The number of thiophene rings is 1. The molecule has 4 heteroatoms. The zero-order chi connectivity index (χ0) is 9.42. The van der Waals surface area contributed by atoms with E-state index in [1.165, 1.54) is 15.6 Å². The van der Waals surface area contributed by atoms with Gasteiger partial charge in [-0.2, -0.15) is 0 Å². The fourth-order valence-corrected chi connectivity index (χ4v) is 4.29. The molecule has 0 radical (unpaired) electrons. The lowest BCUT2D eigenvalue weighted by Gasteiger charge is -2.03. The molecule has 2 aromatic rings. The van der Waals surface area contributed by atoms with Crippen LogP contribution in [-0.2, 0) is 5.33 Å². The summed E-state index contributed by atoms with van der Waals surface area (Å²) < 4.78 is 2.33. The molecule has 0 nitrogen and oxygen atoms in total. The van der Waals surface area contributed by atoms with Gasteiger partial charge in [-0.05, 0) is 23.1 Å². The summed E-state index contributed by atoms with van der Waals surface area (Å²) in [5.74, 6) is 0. The van der Waals surface area contributed by atoms with Gasteiger partial charge in [0, 0.05) is 24.9 Å². The van der Waals surface area contributed by atoms with Gasteiger partial charge in [0.15, 0.2) is 0 Å². The minimum Gasteiger partial charge on any atom is -0.143 e. The fourth-order valence-electron chi connectivity index (χ4n) is 1.24. The molecular weight excluding hydrogens is 335 g/mol. The van der Waals surface area contributed by atoms with Crippen LogP contribution in [0.15, 0.2) is 22.0 Å². The van der Waals surface area contributed by atoms with Gasteiger partial charge in [-0.3, -0.25) is 0 Å². The molecule has 0 bridgehead atoms. The molecule has 0 aliphatic carbocycles. The molecule has 13 heavy (non-hydrogen) atoms. The molecule has 68 valence electrons. The van der Waals surface area contributed by atoms with Crippen molar-refractivity contribution in [3.05, 3.63) is 32.6 Å². The van der Waals surface area contributed by atoms with E-state index in [1.54, 1.807) is 11.3 Å². The van der Waals surface area contributed by atoms with Crippen molar-refractivity contribution >= 4 is 64.9 Å². The van der Waals surface area contributed by atoms with Crippen LogP contribution >= 0.6 is 54.8 Å². The Morgan fingerprint density at radius 1 is 1.46 bits per heavy atom. The predicted octanol–water partition coefficient (Wildman–Crippen LogP) is 5.21. The van der Waals surface area contributed by atoms with Gasteiger partial charge in [-0.25, -0.2) is 0 Å². The van der Waals surface area contributed by atoms with Crippen molar-refractivity contribution in [2.45, 2.75) is 5.33 Å². The Bertz CT molecular complexity index is 450. The number of alkyl halides is 1. The van der Waals surface area contributed by atoms with Gasteiger partial charge >= 0.3 is 0 Å². The molecule has 0 aliphatic rings. The second-order valence-electron chi connectivity index (χ2n) is 2.62. The molecule has 0 aliphatic heterocycles. The Hall–Kier alpha value is 0.430. The smallest absolute Gasteiger partial charge is 0.0472 e. The van der Waals surface area contributed by atoms with Crippen LogP contribution in [0.1, 0.15) is 5.56 Å². The van der Waals surface area contributed by atoms with E-state index in [1.807, 2.05) is 6.07 Å².